The van der Waals surface area contributed by atoms with Crippen LogP contribution in [0.15, 0.2) is 85.1 Å². The molecule has 0 aromatic rings. The number of carbonyl (C=O) groups is 3. The summed E-state index contributed by atoms with van der Waals surface area (Å²) in [6.07, 6.45) is 87.4. The maximum atomic E-state index is 12.9. The lowest BCUT2D eigenvalue weighted by Crippen LogP contribution is -2.30. The smallest absolute Gasteiger partial charge is 0.306 e. The van der Waals surface area contributed by atoms with Crippen LogP contribution in [0.2, 0.25) is 0 Å². The maximum Gasteiger partial charge on any atom is 0.306 e. The summed E-state index contributed by atoms with van der Waals surface area (Å²) in [5.74, 6) is -0.918. The second kappa shape index (κ2) is 66.1. The molecule has 78 heavy (non-hydrogen) atoms. The minimum atomic E-state index is -0.796. The van der Waals surface area contributed by atoms with Crippen molar-refractivity contribution in [2.45, 2.75) is 341 Å². The van der Waals surface area contributed by atoms with Crippen molar-refractivity contribution >= 4 is 17.9 Å². The number of esters is 3. The summed E-state index contributed by atoms with van der Waals surface area (Å²) in [5.41, 5.74) is 0. The molecule has 0 aromatic heterocycles. The van der Waals surface area contributed by atoms with E-state index in [-0.39, 0.29) is 31.1 Å². The van der Waals surface area contributed by atoms with Crippen LogP contribution in [-0.4, -0.2) is 37.2 Å². The number of allylic oxidation sites excluding steroid dienone is 14. The van der Waals surface area contributed by atoms with Crippen LogP contribution in [0.3, 0.4) is 0 Å². The molecule has 1 unspecified atom stereocenters. The first-order valence-corrected chi connectivity index (χ1v) is 33.6. The molecule has 0 aliphatic heterocycles. The van der Waals surface area contributed by atoms with Gasteiger partial charge in [-0.3, -0.25) is 14.4 Å². The summed E-state index contributed by atoms with van der Waals surface area (Å²) >= 11 is 0. The van der Waals surface area contributed by atoms with Crippen molar-refractivity contribution < 1.29 is 28.6 Å². The summed E-state index contributed by atoms with van der Waals surface area (Å²) in [4.78, 5) is 38.4. The third-order valence-corrected chi connectivity index (χ3v) is 14.6. The summed E-state index contributed by atoms with van der Waals surface area (Å²) in [6.45, 7) is 6.53. The Hall–Kier alpha value is -3.41. The molecule has 0 saturated heterocycles. The number of rotatable bonds is 61. The Labute approximate surface area is 484 Å². The summed E-state index contributed by atoms with van der Waals surface area (Å²) in [6, 6.07) is 0. The summed E-state index contributed by atoms with van der Waals surface area (Å²) < 4.78 is 16.9. The first-order chi connectivity index (χ1) is 38.5. The molecule has 0 amide bonds. The highest BCUT2D eigenvalue weighted by Gasteiger charge is 2.19. The SMILES string of the molecule is CC/C=C\C/C=C\C/C=C\C/C=C\C/C=C\C/C=C\CCCCC(=O)OCC(COC(=O)CCCCCCCCCCC/C=C\CCCCCCCC)OC(=O)CCCCCCCCCCCCCCCCCCCCCC. The van der Waals surface area contributed by atoms with Crippen molar-refractivity contribution in [3.05, 3.63) is 85.1 Å². The van der Waals surface area contributed by atoms with E-state index in [4.69, 9.17) is 14.2 Å². The predicted molar refractivity (Wildman–Crippen MR) is 339 cm³/mol. The number of carbonyl (C=O) groups excluding carboxylic acids is 3. The predicted octanol–water partition coefficient (Wildman–Crippen LogP) is 23.1. The fourth-order valence-corrected chi connectivity index (χ4v) is 9.62. The summed E-state index contributed by atoms with van der Waals surface area (Å²) in [5, 5.41) is 0. The average Bonchev–Trinajstić information content (AvgIpc) is 3.44. The minimum Gasteiger partial charge on any atom is -0.462 e. The molecule has 0 saturated carbocycles. The Kier molecular flexibility index (Phi) is 63.2. The van der Waals surface area contributed by atoms with Crippen LogP contribution in [0.1, 0.15) is 335 Å². The highest BCUT2D eigenvalue weighted by Crippen LogP contribution is 2.17. The van der Waals surface area contributed by atoms with Gasteiger partial charge < -0.3 is 14.2 Å². The molecule has 0 bridgehead atoms. The third kappa shape index (κ3) is 63.4. The van der Waals surface area contributed by atoms with Gasteiger partial charge in [0.05, 0.1) is 0 Å². The van der Waals surface area contributed by atoms with Crippen molar-refractivity contribution in [2.75, 3.05) is 13.2 Å². The lowest BCUT2D eigenvalue weighted by Gasteiger charge is -2.18. The number of hydrogen-bond donors (Lipinski definition) is 0. The zero-order chi connectivity index (χ0) is 56.4. The van der Waals surface area contributed by atoms with Crippen molar-refractivity contribution in [2.24, 2.45) is 0 Å². The van der Waals surface area contributed by atoms with Crippen LogP contribution < -0.4 is 0 Å². The van der Waals surface area contributed by atoms with E-state index in [9.17, 15) is 14.4 Å². The van der Waals surface area contributed by atoms with Gasteiger partial charge in [0.15, 0.2) is 6.10 Å². The fraction of sp³-hybridized carbons (Fsp3) is 0.764. The van der Waals surface area contributed by atoms with Crippen LogP contribution in [-0.2, 0) is 28.6 Å². The molecule has 0 aliphatic carbocycles. The molecule has 6 nitrogen and oxygen atoms in total. The highest BCUT2D eigenvalue weighted by atomic mass is 16.6. The van der Waals surface area contributed by atoms with Crippen LogP contribution >= 0.6 is 0 Å². The van der Waals surface area contributed by atoms with Gasteiger partial charge in [-0.25, -0.2) is 0 Å². The van der Waals surface area contributed by atoms with E-state index in [1.54, 1.807) is 0 Å². The molecule has 6 heteroatoms. The van der Waals surface area contributed by atoms with Gasteiger partial charge in [-0.05, 0) is 96.3 Å². The normalized spacial score (nSPS) is 12.6. The van der Waals surface area contributed by atoms with Gasteiger partial charge in [0, 0.05) is 19.3 Å². The van der Waals surface area contributed by atoms with Gasteiger partial charge in [-0.15, -0.1) is 0 Å². The first-order valence-electron chi connectivity index (χ1n) is 33.6. The topological polar surface area (TPSA) is 78.9 Å². The van der Waals surface area contributed by atoms with E-state index in [1.165, 1.54) is 199 Å². The summed E-state index contributed by atoms with van der Waals surface area (Å²) in [7, 11) is 0. The second-order valence-electron chi connectivity index (χ2n) is 22.4. The molecule has 0 N–H and O–H groups in total. The van der Waals surface area contributed by atoms with Gasteiger partial charge in [0.2, 0.25) is 0 Å². The molecule has 0 rings (SSSR count). The van der Waals surface area contributed by atoms with Gasteiger partial charge in [0.25, 0.3) is 0 Å². The number of ether oxygens (including phenoxy) is 3. The lowest BCUT2D eigenvalue weighted by atomic mass is 10.0. The molecule has 0 fully saturated rings. The van der Waals surface area contributed by atoms with Gasteiger partial charge in [-0.1, -0.05) is 305 Å². The van der Waals surface area contributed by atoms with E-state index in [0.717, 1.165) is 96.3 Å². The van der Waals surface area contributed by atoms with Gasteiger partial charge in [-0.2, -0.15) is 0 Å². The molecule has 0 radical (unpaired) electrons. The average molecular weight is 1090 g/mol. The first kappa shape index (κ1) is 74.6. The largest absolute Gasteiger partial charge is 0.462 e. The van der Waals surface area contributed by atoms with Crippen LogP contribution in [0.4, 0.5) is 0 Å². The van der Waals surface area contributed by atoms with E-state index in [0.29, 0.717) is 19.3 Å². The monoisotopic (exact) mass is 1090 g/mol. The van der Waals surface area contributed by atoms with Crippen LogP contribution in [0, 0.1) is 0 Å². The van der Waals surface area contributed by atoms with E-state index >= 15 is 0 Å². The Bertz CT molecular complexity index is 1480. The lowest BCUT2D eigenvalue weighted by molar-refractivity contribution is -0.167. The Morgan fingerprint density at radius 3 is 0.821 bits per heavy atom. The van der Waals surface area contributed by atoms with Crippen molar-refractivity contribution in [3.8, 4) is 0 Å². The molecular formula is C72H126O6. The van der Waals surface area contributed by atoms with Crippen molar-refractivity contribution in [1.82, 2.24) is 0 Å². The fourth-order valence-electron chi connectivity index (χ4n) is 9.62. The van der Waals surface area contributed by atoms with Crippen molar-refractivity contribution in [1.29, 1.82) is 0 Å². The van der Waals surface area contributed by atoms with Gasteiger partial charge in [0.1, 0.15) is 13.2 Å². The maximum absolute atomic E-state index is 12.9. The Morgan fingerprint density at radius 2 is 0.500 bits per heavy atom. The number of unbranched alkanes of at least 4 members (excludes halogenated alkanes) is 36. The highest BCUT2D eigenvalue weighted by molar-refractivity contribution is 5.71. The quantitative estimate of drug-likeness (QED) is 0.0261. The second-order valence-corrected chi connectivity index (χ2v) is 22.4. The van der Waals surface area contributed by atoms with E-state index in [1.807, 2.05) is 0 Å². The molecule has 0 aliphatic rings. The van der Waals surface area contributed by atoms with E-state index in [2.05, 4.69) is 106 Å². The minimum absolute atomic E-state index is 0.0886. The van der Waals surface area contributed by atoms with Gasteiger partial charge >= 0.3 is 17.9 Å². The van der Waals surface area contributed by atoms with E-state index < -0.39 is 6.10 Å². The standard InChI is InChI=1S/C72H126O6/c1-4-7-10-13-16-19-22-25-28-31-34-36-39-41-44-47-50-53-56-59-62-65-71(74)77-68-69(67-76-70(73)64-61-58-55-52-49-46-43-40-37-33-30-27-24-21-18-15-12-9-6-3)78-72(75)66-63-60-57-54-51-48-45-42-38-35-32-29-26-23-20-17-14-11-8-5-2/h7,10,16,19,25,27-28,30,34,36,41,44,50,53,69H,4-6,8-9,11-15,17-18,20-24,26,29,31-33,35,37-40,42-43,45-49,51-52,54-68H2,1-3H3/b10-7-,19-16-,28-25-,30-27-,36-34-,44-41-,53-50-. The van der Waals surface area contributed by atoms with Crippen molar-refractivity contribution in [3.63, 3.8) is 0 Å². The molecule has 0 spiro atoms. The Balaban J connectivity index is 4.43. The van der Waals surface area contributed by atoms with Crippen LogP contribution in [0.5, 0.6) is 0 Å². The van der Waals surface area contributed by atoms with Crippen LogP contribution in [0.25, 0.3) is 0 Å². The third-order valence-electron chi connectivity index (χ3n) is 14.6. The zero-order valence-electron chi connectivity index (χ0n) is 51.7. The molecule has 1 atom stereocenters. The zero-order valence-corrected chi connectivity index (χ0v) is 51.7. The molecular weight excluding hydrogens is 961 g/mol. The molecule has 0 aromatic carbocycles. The molecule has 0 heterocycles. The Morgan fingerprint density at radius 1 is 0.269 bits per heavy atom. The number of hydrogen-bond acceptors (Lipinski definition) is 6. The molecule has 450 valence electrons.